The third-order valence-corrected chi connectivity index (χ3v) is 6.61. The van der Waals surface area contributed by atoms with Crippen molar-refractivity contribution in [3.8, 4) is 11.5 Å². The van der Waals surface area contributed by atoms with Crippen LogP contribution in [0.2, 0.25) is 0 Å². The standard InChI is InChI=1S/C26H37NO6/c1-18(10-12-22(28)32-16-8-15-27-13-6-4-5-7-14-27)9-11-20-24(29)23-21(17-33-26(23)30)19(2)25(20)31-3/h9,29H,4-8,10-17H2,1-3H3. The van der Waals surface area contributed by atoms with Gasteiger partial charge in [-0.25, -0.2) is 4.79 Å². The van der Waals surface area contributed by atoms with Gasteiger partial charge < -0.3 is 24.2 Å². The summed E-state index contributed by atoms with van der Waals surface area (Å²) < 4.78 is 16.0. The summed E-state index contributed by atoms with van der Waals surface area (Å²) in [6, 6.07) is 0. The number of methoxy groups -OCH3 is 1. The minimum absolute atomic E-state index is 0.0807. The number of benzene rings is 1. The number of hydrogen-bond donors (Lipinski definition) is 1. The molecule has 0 saturated carbocycles. The molecule has 0 unspecified atom stereocenters. The molecule has 1 N–H and O–H groups in total. The van der Waals surface area contributed by atoms with Gasteiger partial charge in [0, 0.05) is 24.1 Å². The highest BCUT2D eigenvalue weighted by molar-refractivity contribution is 5.98. The molecule has 1 aromatic carbocycles. The molecule has 7 heteroatoms. The highest BCUT2D eigenvalue weighted by Gasteiger charge is 2.31. The van der Waals surface area contributed by atoms with Crippen LogP contribution in [-0.2, 0) is 27.3 Å². The second kappa shape index (κ2) is 12.1. The maximum Gasteiger partial charge on any atom is 0.342 e. The maximum atomic E-state index is 12.1. The van der Waals surface area contributed by atoms with Crippen molar-refractivity contribution < 1.29 is 28.9 Å². The van der Waals surface area contributed by atoms with Gasteiger partial charge in [0.15, 0.2) is 0 Å². The van der Waals surface area contributed by atoms with E-state index in [9.17, 15) is 14.7 Å². The van der Waals surface area contributed by atoms with Gasteiger partial charge in [0.2, 0.25) is 0 Å². The monoisotopic (exact) mass is 459 g/mol. The summed E-state index contributed by atoms with van der Waals surface area (Å²) in [6.45, 7) is 7.73. The molecule has 1 aromatic rings. The van der Waals surface area contributed by atoms with Gasteiger partial charge >= 0.3 is 11.9 Å². The van der Waals surface area contributed by atoms with Gasteiger partial charge in [0.25, 0.3) is 0 Å². The largest absolute Gasteiger partial charge is 0.507 e. The molecule has 2 aliphatic rings. The summed E-state index contributed by atoms with van der Waals surface area (Å²) in [5, 5.41) is 10.7. The topological polar surface area (TPSA) is 85.3 Å². The Balaban J connectivity index is 1.47. The fourth-order valence-electron chi connectivity index (χ4n) is 4.61. The first kappa shape index (κ1) is 25.1. The molecule has 0 spiro atoms. The number of likely N-dealkylation sites (tertiary alicyclic amines) is 1. The number of carbonyl (C=O) groups excluding carboxylic acids is 2. The number of ether oxygens (including phenoxy) is 3. The maximum absolute atomic E-state index is 12.1. The molecule has 0 aromatic heterocycles. The molecule has 2 heterocycles. The number of phenols is 1. The molecule has 1 fully saturated rings. The van der Waals surface area contributed by atoms with Crippen LogP contribution in [0.4, 0.5) is 0 Å². The normalized spacial score (nSPS) is 16.8. The van der Waals surface area contributed by atoms with E-state index in [0.29, 0.717) is 42.7 Å². The molecule has 0 bridgehead atoms. The number of carbonyl (C=O) groups is 2. The van der Waals surface area contributed by atoms with Crippen molar-refractivity contribution in [3.05, 3.63) is 33.9 Å². The van der Waals surface area contributed by atoms with Crippen LogP contribution >= 0.6 is 0 Å². The van der Waals surface area contributed by atoms with Gasteiger partial charge in [0.1, 0.15) is 23.7 Å². The lowest BCUT2D eigenvalue weighted by atomic mass is 9.94. The number of allylic oxidation sites excluding steroid dienone is 2. The van der Waals surface area contributed by atoms with E-state index in [1.54, 1.807) is 7.11 Å². The van der Waals surface area contributed by atoms with E-state index in [0.717, 1.165) is 37.2 Å². The number of fused-ring (bicyclic) bond motifs is 1. The Morgan fingerprint density at radius 2 is 1.91 bits per heavy atom. The highest BCUT2D eigenvalue weighted by atomic mass is 16.5. The predicted molar refractivity (Wildman–Crippen MR) is 126 cm³/mol. The van der Waals surface area contributed by atoms with Crippen LogP contribution in [0.3, 0.4) is 0 Å². The third-order valence-electron chi connectivity index (χ3n) is 6.61. The molecule has 2 aliphatic heterocycles. The average molecular weight is 460 g/mol. The lowest BCUT2D eigenvalue weighted by Gasteiger charge is -2.19. The summed E-state index contributed by atoms with van der Waals surface area (Å²) in [7, 11) is 1.55. The van der Waals surface area contributed by atoms with Crippen molar-refractivity contribution in [2.45, 2.75) is 71.8 Å². The summed E-state index contributed by atoms with van der Waals surface area (Å²) >= 11 is 0. The van der Waals surface area contributed by atoms with Crippen LogP contribution in [0.15, 0.2) is 11.6 Å². The Labute approximate surface area is 196 Å². The van der Waals surface area contributed by atoms with Gasteiger partial charge in [-0.1, -0.05) is 24.5 Å². The van der Waals surface area contributed by atoms with E-state index in [2.05, 4.69) is 4.90 Å². The molecule has 0 aliphatic carbocycles. The first-order valence-corrected chi connectivity index (χ1v) is 12.0. The lowest BCUT2D eigenvalue weighted by molar-refractivity contribution is -0.143. The number of rotatable bonds is 10. The molecule has 182 valence electrons. The van der Waals surface area contributed by atoms with Gasteiger partial charge in [-0.15, -0.1) is 0 Å². The van der Waals surface area contributed by atoms with E-state index in [1.165, 1.54) is 25.7 Å². The molecule has 0 atom stereocenters. The quantitative estimate of drug-likeness (QED) is 0.314. The van der Waals surface area contributed by atoms with Gasteiger partial charge in [-0.05, 0) is 64.6 Å². The zero-order chi connectivity index (χ0) is 23.8. The van der Waals surface area contributed by atoms with Crippen LogP contribution in [-0.4, -0.2) is 55.3 Å². The SMILES string of the molecule is COc1c(C)c2c(c(O)c1CC=C(C)CCC(=O)OCCCN1CCCCCC1)C(=O)OC2. The molecular formula is C26H37NO6. The second-order valence-electron chi connectivity index (χ2n) is 9.00. The van der Waals surface area contributed by atoms with E-state index in [-0.39, 0.29) is 23.9 Å². The summed E-state index contributed by atoms with van der Waals surface area (Å²) in [5.41, 5.74) is 3.29. The van der Waals surface area contributed by atoms with Crippen molar-refractivity contribution in [1.82, 2.24) is 4.90 Å². The predicted octanol–water partition coefficient (Wildman–Crippen LogP) is 4.46. The Morgan fingerprint density at radius 1 is 1.18 bits per heavy atom. The van der Waals surface area contributed by atoms with E-state index in [1.807, 2.05) is 19.9 Å². The lowest BCUT2D eigenvalue weighted by Crippen LogP contribution is -2.26. The number of nitrogens with zero attached hydrogens (tertiary/aromatic N) is 1. The number of esters is 2. The number of phenolic OH excluding ortho intramolecular Hbond substituents is 1. The minimum Gasteiger partial charge on any atom is -0.507 e. The zero-order valence-corrected chi connectivity index (χ0v) is 20.2. The van der Waals surface area contributed by atoms with Crippen molar-refractivity contribution >= 4 is 11.9 Å². The summed E-state index contributed by atoms with van der Waals surface area (Å²) in [4.78, 5) is 26.6. The summed E-state index contributed by atoms with van der Waals surface area (Å²) in [5.74, 6) is -0.204. The molecule has 1 saturated heterocycles. The molecule has 0 amide bonds. The number of hydrogen-bond acceptors (Lipinski definition) is 7. The molecule has 33 heavy (non-hydrogen) atoms. The van der Waals surface area contributed by atoms with Crippen molar-refractivity contribution in [2.24, 2.45) is 0 Å². The molecule has 7 nitrogen and oxygen atoms in total. The third kappa shape index (κ3) is 6.50. The number of cyclic esters (lactones) is 1. The zero-order valence-electron chi connectivity index (χ0n) is 20.2. The van der Waals surface area contributed by atoms with Crippen LogP contribution in [0.25, 0.3) is 0 Å². The Hall–Kier alpha value is -2.54. The minimum atomic E-state index is -0.506. The van der Waals surface area contributed by atoms with Crippen LogP contribution in [0.1, 0.15) is 78.9 Å². The van der Waals surface area contributed by atoms with Crippen molar-refractivity contribution in [1.29, 1.82) is 0 Å². The van der Waals surface area contributed by atoms with E-state index in [4.69, 9.17) is 14.2 Å². The van der Waals surface area contributed by atoms with Gasteiger partial charge in [-0.3, -0.25) is 4.79 Å². The van der Waals surface area contributed by atoms with Crippen LogP contribution in [0.5, 0.6) is 11.5 Å². The fraction of sp³-hybridized carbons (Fsp3) is 0.615. The molecule has 3 rings (SSSR count). The Kier molecular flexibility index (Phi) is 9.18. The van der Waals surface area contributed by atoms with Gasteiger partial charge in [0.05, 0.1) is 13.7 Å². The van der Waals surface area contributed by atoms with E-state index >= 15 is 0 Å². The summed E-state index contributed by atoms with van der Waals surface area (Å²) in [6.07, 6.45) is 9.31. The first-order chi connectivity index (χ1) is 15.9. The molecule has 0 radical (unpaired) electrons. The molecular weight excluding hydrogens is 422 g/mol. The number of aromatic hydroxyl groups is 1. The first-order valence-electron chi connectivity index (χ1n) is 12.0. The highest BCUT2D eigenvalue weighted by Crippen LogP contribution is 2.42. The van der Waals surface area contributed by atoms with Crippen molar-refractivity contribution in [2.75, 3.05) is 33.4 Å². The smallest absolute Gasteiger partial charge is 0.342 e. The second-order valence-corrected chi connectivity index (χ2v) is 9.00. The van der Waals surface area contributed by atoms with Crippen LogP contribution < -0.4 is 4.74 Å². The Bertz CT molecular complexity index is 884. The van der Waals surface area contributed by atoms with Crippen molar-refractivity contribution in [3.63, 3.8) is 0 Å². The fourth-order valence-corrected chi connectivity index (χ4v) is 4.61. The Morgan fingerprint density at radius 3 is 2.61 bits per heavy atom. The van der Waals surface area contributed by atoms with Crippen LogP contribution in [0, 0.1) is 6.92 Å². The van der Waals surface area contributed by atoms with Gasteiger partial charge in [-0.2, -0.15) is 0 Å². The average Bonchev–Trinajstić information content (AvgIpc) is 3.01. The van der Waals surface area contributed by atoms with E-state index < -0.39 is 5.97 Å².